The van der Waals surface area contributed by atoms with Crippen molar-refractivity contribution < 1.29 is 23.9 Å². The van der Waals surface area contributed by atoms with E-state index in [9.17, 15) is 14.7 Å². The standard InChI is InChI=1S/C26H32N2O4/c1-2-15-27-24(29)19-28-16-13-20(14-17-28)23(18-28)32-25(30)26(31,21-9-5-3-6-10-21)22-11-7-4-8-12-22/h3-12,20,23,31H,2,13-19H2,1H3/p+1/t20?,23-,28?/m0/s1. The van der Waals surface area contributed by atoms with Crippen molar-refractivity contribution in [2.45, 2.75) is 37.9 Å². The van der Waals surface area contributed by atoms with E-state index in [1.807, 2.05) is 19.1 Å². The van der Waals surface area contributed by atoms with E-state index in [-0.39, 0.29) is 17.9 Å². The van der Waals surface area contributed by atoms with E-state index < -0.39 is 11.6 Å². The Bertz CT molecular complexity index is 884. The zero-order valence-corrected chi connectivity index (χ0v) is 18.7. The molecule has 0 saturated carbocycles. The number of rotatable bonds is 8. The molecule has 3 saturated heterocycles. The summed E-state index contributed by atoms with van der Waals surface area (Å²) in [5.74, 6) is -0.321. The molecular weight excluding hydrogens is 404 g/mol. The number of esters is 1. The number of benzene rings is 2. The molecule has 0 aliphatic carbocycles. The van der Waals surface area contributed by atoms with Gasteiger partial charge in [-0.25, -0.2) is 4.79 Å². The van der Waals surface area contributed by atoms with Gasteiger partial charge in [0.05, 0.1) is 13.1 Å². The summed E-state index contributed by atoms with van der Waals surface area (Å²) in [6.07, 6.45) is 2.45. The molecule has 2 bridgehead atoms. The Hall–Kier alpha value is -2.70. The average Bonchev–Trinajstić information content (AvgIpc) is 2.83. The van der Waals surface area contributed by atoms with Gasteiger partial charge in [-0.05, 0) is 17.5 Å². The Balaban J connectivity index is 1.54. The monoisotopic (exact) mass is 437 g/mol. The summed E-state index contributed by atoms with van der Waals surface area (Å²) in [7, 11) is 0. The number of ether oxygens (including phenoxy) is 1. The van der Waals surface area contributed by atoms with Crippen molar-refractivity contribution >= 4 is 11.9 Å². The molecule has 2 aromatic carbocycles. The molecule has 6 nitrogen and oxygen atoms in total. The third kappa shape index (κ3) is 4.43. The number of nitrogens with zero attached hydrogens (tertiary/aromatic N) is 1. The van der Waals surface area contributed by atoms with Crippen LogP contribution in [0.2, 0.25) is 0 Å². The normalized spacial score (nSPS) is 24.7. The maximum atomic E-state index is 13.5. The largest absolute Gasteiger partial charge is 0.453 e. The second-order valence-corrected chi connectivity index (χ2v) is 9.20. The molecule has 0 unspecified atom stereocenters. The van der Waals surface area contributed by atoms with E-state index in [1.165, 1.54) is 0 Å². The first-order valence-corrected chi connectivity index (χ1v) is 11.6. The number of quaternary nitrogens is 1. The number of hydrogen-bond acceptors (Lipinski definition) is 4. The van der Waals surface area contributed by atoms with Crippen molar-refractivity contribution in [2.24, 2.45) is 5.92 Å². The third-order valence-corrected chi connectivity index (χ3v) is 7.03. The summed E-state index contributed by atoms with van der Waals surface area (Å²) in [4.78, 5) is 26.0. The Labute approximate surface area is 189 Å². The first kappa shape index (κ1) is 22.5. The maximum Gasteiger partial charge on any atom is 0.348 e. The first-order valence-electron chi connectivity index (χ1n) is 11.6. The van der Waals surface area contributed by atoms with Crippen LogP contribution < -0.4 is 5.32 Å². The van der Waals surface area contributed by atoms with Crippen LogP contribution in [-0.2, 0) is 19.9 Å². The highest BCUT2D eigenvalue weighted by atomic mass is 16.6. The van der Waals surface area contributed by atoms with Crippen LogP contribution in [0.1, 0.15) is 37.3 Å². The zero-order valence-electron chi connectivity index (χ0n) is 18.7. The molecule has 1 amide bonds. The summed E-state index contributed by atoms with van der Waals surface area (Å²) in [5.41, 5.74) is -0.904. The number of fused-ring (bicyclic) bond motifs is 3. The number of hydrogen-bond donors (Lipinski definition) is 2. The van der Waals surface area contributed by atoms with Gasteiger partial charge in [0.1, 0.15) is 6.54 Å². The minimum Gasteiger partial charge on any atom is -0.453 e. The molecule has 6 heteroatoms. The fourth-order valence-electron chi connectivity index (χ4n) is 5.19. The second kappa shape index (κ2) is 9.43. The van der Waals surface area contributed by atoms with Crippen LogP contribution in [0.25, 0.3) is 0 Å². The molecule has 3 aliphatic rings. The highest BCUT2D eigenvalue weighted by Gasteiger charge is 2.51. The molecule has 2 aromatic rings. The van der Waals surface area contributed by atoms with Crippen LogP contribution in [0.4, 0.5) is 0 Å². The van der Waals surface area contributed by atoms with E-state index in [4.69, 9.17) is 4.74 Å². The molecule has 3 aliphatic heterocycles. The van der Waals surface area contributed by atoms with Crippen LogP contribution in [0.15, 0.2) is 60.7 Å². The minimum absolute atomic E-state index is 0.0577. The first-order chi connectivity index (χ1) is 15.5. The minimum atomic E-state index is -1.88. The number of carbonyl (C=O) groups is 2. The van der Waals surface area contributed by atoms with Crippen LogP contribution in [0.3, 0.4) is 0 Å². The van der Waals surface area contributed by atoms with Gasteiger partial charge in [0, 0.05) is 25.3 Å². The Kier molecular flexibility index (Phi) is 6.63. The summed E-state index contributed by atoms with van der Waals surface area (Å²) in [5, 5.41) is 14.7. The van der Waals surface area contributed by atoms with Gasteiger partial charge in [0.2, 0.25) is 5.60 Å². The molecule has 32 heavy (non-hydrogen) atoms. The molecule has 0 spiro atoms. The van der Waals surface area contributed by atoms with E-state index in [1.54, 1.807) is 48.5 Å². The van der Waals surface area contributed by atoms with Crippen molar-refractivity contribution in [3.63, 3.8) is 0 Å². The van der Waals surface area contributed by atoms with Gasteiger partial charge in [0.15, 0.2) is 12.6 Å². The van der Waals surface area contributed by atoms with E-state index in [0.717, 1.165) is 32.4 Å². The number of aliphatic hydroxyl groups is 1. The number of nitrogens with one attached hydrogen (secondary N) is 1. The van der Waals surface area contributed by atoms with Crippen LogP contribution in [0, 0.1) is 5.92 Å². The highest BCUT2D eigenvalue weighted by Crippen LogP contribution is 2.38. The van der Waals surface area contributed by atoms with Crippen LogP contribution >= 0.6 is 0 Å². The van der Waals surface area contributed by atoms with Crippen molar-refractivity contribution in [3.05, 3.63) is 71.8 Å². The molecule has 5 rings (SSSR count). The SMILES string of the molecule is CCCNC(=O)C[N+]12CCC(CC1)[C@@H](OC(=O)C(O)(c1ccccc1)c1ccccc1)C2. The number of piperidine rings is 3. The lowest BCUT2D eigenvalue weighted by Crippen LogP contribution is -2.67. The fourth-order valence-corrected chi connectivity index (χ4v) is 5.19. The summed E-state index contributed by atoms with van der Waals surface area (Å²) in [6.45, 7) is 5.62. The van der Waals surface area contributed by atoms with Crippen molar-refractivity contribution in [2.75, 3.05) is 32.7 Å². The number of amides is 1. The second-order valence-electron chi connectivity index (χ2n) is 9.20. The third-order valence-electron chi connectivity index (χ3n) is 7.03. The van der Waals surface area contributed by atoms with Crippen molar-refractivity contribution in [1.82, 2.24) is 5.32 Å². The Morgan fingerprint density at radius 1 is 1.03 bits per heavy atom. The molecule has 1 atom stereocenters. The van der Waals surface area contributed by atoms with Crippen LogP contribution in [-0.4, -0.2) is 60.3 Å². The van der Waals surface area contributed by atoms with Gasteiger partial charge in [0.25, 0.3) is 5.91 Å². The summed E-state index contributed by atoms with van der Waals surface area (Å²) < 4.78 is 6.70. The predicted molar refractivity (Wildman–Crippen MR) is 122 cm³/mol. The van der Waals surface area contributed by atoms with Gasteiger partial charge in [-0.15, -0.1) is 0 Å². The van der Waals surface area contributed by atoms with Gasteiger partial charge >= 0.3 is 5.97 Å². The van der Waals surface area contributed by atoms with E-state index >= 15 is 0 Å². The predicted octanol–water partition coefficient (Wildman–Crippen LogP) is 2.60. The Morgan fingerprint density at radius 3 is 2.12 bits per heavy atom. The van der Waals surface area contributed by atoms with Gasteiger partial charge in [-0.3, -0.25) is 4.79 Å². The van der Waals surface area contributed by atoms with Crippen LogP contribution in [0.5, 0.6) is 0 Å². The topological polar surface area (TPSA) is 75.6 Å². The smallest absolute Gasteiger partial charge is 0.348 e. The molecule has 0 aromatic heterocycles. The molecular formula is C26H33N2O4+. The number of carbonyl (C=O) groups excluding carboxylic acids is 2. The van der Waals surface area contributed by atoms with E-state index in [2.05, 4.69) is 5.32 Å². The zero-order chi connectivity index (χ0) is 22.6. The Morgan fingerprint density at radius 2 is 1.59 bits per heavy atom. The van der Waals surface area contributed by atoms with Gasteiger partial charge in [-0.1, -0.05) is 67.6 Å². The van der Waals surface area contributed by atoms with E-state index in [0.29, 0.717) is 35.2 Å². The lowest BCUT2D eigenvalue weighted by Gasteiger charge is -2.51. The van der Waals surface area contributed by atoms with Gasteiger partial charge < -0.3 is 19.6 Å². The lowest BCUT2D eigenvalue weighted by atomic mass is 9.82. The van der Waals surface area contributed by atoms with Crippen molar-refractivity contribution in [3.8, 4) is 0 Å². The average molecular weight is 438 g/mol. The quantitative estimate of drug-likeness (QED) is 0.492. The molecule has 3 heterocycles. The highest BCUT2D eigenvalue weighted by molar-refractivity contribution is 5.85. The molecule has 0 radical (unpaired) electrons. The summed E-state index contributed by atoms with van der Waals surface area (Å²) in [6, 6.07) is 17.9. The fraction of sp³-hybridized carbons (Fsp3) is 0.462. The maximum absolute atomic E-state index is 13.5. The molecule has 170 valence electrons. The molecule has 3 fully saturated rings. The molecule has 2 N–H and O–H groups in total. The van der Waals surface area contributed by atoms with Gasteiger partial charge in [-0.2, -0.15) is 0 Å². The van der Waals surface area contributed by atoms with Crippen molar-refractivity contribution in [1.29, 1.82) is 0 Å². The lowest BCUT2D eigenvalue weighted by molar-refractivity contribution is -0.939. The summed E-state index contributed by atoms with van der Waals surface area (Å²) >= 11 is 0.